The summed E-state index contributed by atoms with van der Waals surface area (Å²) in [4.78, 5) is 0. The van der Waals surface area contributed by atoms with Gasteiger partial charge in [-0.15, -0.1) is 11.3 Å². The van der Waals surface area contributed by atoms with E-state index in [2.05, 4.69) is 96.5 Å². The van der Waals surface area contributed by atoms with Gasteiger partial charge >= 0.3 is 0 Å². The smallest absolute Gasteiger partial charge is 0.0496 e. The summed E-state index contributed by atoms with van der Waals surface area (Å²) in [7, 11) is 2.17. The van der Waals surface area contributed by atoms with E-state index in [1.54, 1.807) is 0 Å². The highest BCUT2D eigenvalue weighted by molar-refractivity contribution is 7.26. The van der Waals surface area contributed by atoms with E-state index in [4.69, 9.17) is 0 Å². The molecule has 0 saturated carbocycles. The first-order valence-electron chi connectivity index (χ1n) is 9.20. The number of para-hydroxylation sites is 1. The molecular formula is C25H17NS. The zero-order valence-corrected chi connectivity index (χ0v) is 15.8. The van der Waals surface area contributed by atoms with E-state index in [9.17, 15) is 0 Å². The van der Waals surface area contributed by atoms with Crippen molar-refractivity contribution in [3.63, 3.8) is 0 Å². The van der Waals surface area contributed by atoms with Crippen molar-refractivity contribution in [1.82, 2.24) is 4.57 Å². The molecule has 0 fully saturated rings. The molecule has 0 amide bonds. The van der Waals surface area contributed by atoms with Crippen LogP contribution in [0, 0.1) is 0 Å². The Morgan fingerprint density at radius 1 is 0.630 bits per heavy atom. The number of fused-ring (bicyclic) bond motifs is 7. The number of benzene rings is 4. The van der Waals surface area contributed by atoms with E-state index < -0.39 is 0 Å². The van der Waals surface area contributed by atoms with Gasteiger partial charge in [-0.1, -0.05) is 66.7 Å². The third kappa shape index (κ3) is 1.99. The van der Waals surface area contributed by atoms with Gasteiger partial charge in [0.1, 0.15) is 0 Å². The minimum Gasteiger partial charge on any atom is -0.344 e. The lowest BCUT2D eigenvalue weighted by Crippen LogP contribution is -1.85. The number of rotatable bonds is 1. The van der Waals surface area contributed by atoms with Crippen LogP contribution in [0.4, 0.5) is 0 Å². The van der Waals surface area contributed by atoms with Crippen molar-refractivity contribution in [2.45, 2.75) is 0 Å². The SMILES string of the molecule is Cn1c2ccccc2c2c3c(ccc21)sc1c(-c2ccccc2)cccc13. The van der Waals surface area contributed by atoms with Gasteiger partial charge < -0.3 is 4.57 Å². The first kappa shape index (κ1) is 15.0. The summed E-state index contributed by atoms with van der Waals surface area (Å²) in [5.74, 6) is 0. The highest BCUT2D eigenvalue weighted by Crippen LogP contribution is 2.44. The van der Waals surface area contributed by atoms with Crippen LogP contribution in [0.25, 0.3) is 53.1 Å². The van der Waals surface area contributed by atoms with Gasteiger partial charge in [0.05, 0.1) is 0 Å². The summed E-state index contributed by atoms with van der Waals surface area (Å²) in [5, 5.41) is 5.47. The molecular weight excluding hydrogens is 346 g/mol. The number of nitrogens with zero attached hydrogens (tertiary/aromatic N) is 1. The van der Waals surface area contributed by atoms with Crippen molar-refractivity contribution < 1.29 is 0 Å². The molecule has 0 unspecified atom stereocenters. The molecule has 2 heterocycles. The van der Waals surface area contributed by atoms with Gasteiger partial charge in [-0.2, -0.15) is 0 Å². The lowest BCUT2D eigenvalue weighted by atomic mass is 10.0. The third-order valence-corrected chi connectivity index (χ3v) is 6.83. The summed E-state index contributed by atoms with van der Waals surface area (Å²) in [5.41, 5.74) is 5.19. The normalized spacial score (nSPS) is 11.9. The predicted octanol–water partition coefficient (Wildman–Crippen LogP) is 7.37. The predicted molar refractivity (Wildman–Crippen MR) is 119 cm³/mol. The minimum atomic E-state index is 1.28. The second kappa shape index (κ2) is 5.45. The quantitative estimate of drug-likeness (QED) is 0.287. The van der Waals surface area contributed by atoms with E-state index in [1.165, 1.54) is 53.1 Å². The average Bonchev–Trinajstić information content (AvgIpc) is 3.24. The lowest BCUT2D eigenvalue weighted by Gasteiger charge is -2.03. The lowest BCUT2D eigenvalue weighted by molar-refractivity contribution is 1.01. The van der Waals surface area contributed by atoms with Crippen LogP contribution in [0.1, 0.15) is 0 Å². The molecule has 6 aromatic rings. The van der Waals surface area contributed by atoms with Crippen LogP contribution >= 0.6 is 11.3 Å². The number of hydrogen-bond acceptors (Lipinski definition) is 1. The van der Waals surface area contributed by atoms with Crippen LogP contribution < -0.4 is 0 Å². The Hall–Kier alpha value is -3.10. The van der Waals surface area contributed by atoms with Gasteiger partial charge in [0.25, 0.3) is 0 Å². The van der Waals surface area contributed by atoms with Crippen molar-refractivity contribution in [1.29, 1.82) is 0 Å². The van der Waals surface area contributed by atoms with Crippen LogP contribution in [0.2, 0.25) is 0 Å². The van der Waals surface area contributed by atoms with Crippen molar-refractivity contribution in [3.8, 4) is 11.1 Å². The number of hydrogen-bond donors (Lipinski definition) is 0. The molecule has 0 radical (unpaired) electrons. The molecule has 0 bridgehead atoms. The Morgan fingerprint density at radius 2 is 1.41 bits per heavy atom. The maximum absolute atomic E-state index is 2.31. The maximum atomic E-state index is 2.31. The second-order valence-electron chi connectivity index (χ2n) is 7.06. The van der Waals surface area contributed by atoms with E-state index >= 15 is 0 Å². The standard InChI is InChI=1S/C25H17NS/c1-26-20-13-6-5-10-18(20)23-21(26)14-15-22-24(23)19-12-7-11-17(25(19)27-22)16-8-3-2-4-9-16/h2-15H,1H3. The van der Waals surface area contributed by atoms with E-state index in [0.29, 0.717) is 0 Å². The monoisotopic (exact) mass is 363 g/mol. The molecule has 2 aromatic heterocycles. The van der Waals surface area contributed by atoms with Crippen LogP contribution in [0.5, 0.6) is 0 Å². The molecule has 1 nitrogen and oxygen atoms in total. The maximum Gasteiger partial charge on any atom is 0.0496 e. The summed E-state index contributed by atoms with van der Waals surface area (Å²) >= 11 is 1.91. The van der Waals surface area contributed by atoms with Crippen LogP contribution in [-0.2, 0) is 7.05 Å². The number of thiophene rings is 1. The van der Waals surface area contributed by atoms with E-state index in [1.807, 2.05) is 11.3 Å². The zero-order chi connectivity index (χ0) is 18.0. The zero-order valence-electron chi connectivity index (χ0n) is 14.9. The Labute approximate surface area is 161 Å². The summed E-state index contributed by atoms with van der Waals surface area (Å²) in [6.07, 6.45) is 0. The molecule has 0 aliphatic carbocycles. The molecule has 6 rings (SSSR count). The molecule has 0 saturated heterocycles. The molecule has 128 valence electrons. The van der Waals surface area contributed by atoms with Gasteiger partial charge in [-0.25, -0.2) is 0 Å². The number of aryl methyl sites for hydroxylation is 1. The van der Waals surface area contributed by atoms with Gasteiger partial charge in [-0.3, -0.25) is 0 Å². The average molecular weight is 363 g/mol. The summed E-state index contributed by atoms with van der Waals surface area (Å²) in [6.45, 7) is 0. The van der Waals surface area contributed by atoms with Crippen molar-refractivity contribution in [2.24, 2.45) is 7.05 Å². The van der Waals surface area contributed by atoms with Crippen molar-refractivity contribution in [2.75, 3.05) is 0 Å². The molecule has 0 atom stereocenters. The Balaban J connectivity index is 1.84. The van der Waals surface area contributed by atoms with Crippen LogP contribution in [0.15, 0.2) is 84.9 Å². The molecule has 27 heavy (non-hydrogen) atoms. The molecule has 0 N–H and O–H groups in total. The second-order valence-corrected chi connectivity index (χ2v) is 8.11. The Bertz CT molecular complexity index is 1470. The Morgan fingerprint density at radius 3 is 2.30 bits per heavy atom. The van der Waals surface area contributed by atoms with E-state index in [-0.39, 0.29) is 0 Å². The molecule has 2 heteroatoms. The fourth-order valence-corrected chi connectivity index (χ4v) is 5.63. The van der Waals surface area contributed by atoms with Crippen molar-refractivity contribution in [3.05, 3.63) is 84.9 Å². The van der Waals surface area contributed by atoms with Gasteiger partial charge in [0.2, 0.25) is 0 Å². The first-order valence-corrected chi connectivity index (χ1v) is 10.0. The molecule has 4 aromatic carbocycles. The first-order chi connectivity index (χ1) is 13.3. The topological polar surface area (TPSA) is 4.93 Å². The highest BCUT2D eigenvalue weighted by atomic mass is 32.1. The summed E-state index contributed by atoms with van der Waals surface area (Å²) < 4.78 is 5.05. The molecule has 0 aliphatic heterocycles. The van der Waals surface area contributed by atoms with Crippen LogP contribution in [0.3, 0.4) is 0 Å². The van der Waals surface area contributed by atoms with Gasteiger partial charge in [0, 0.05) is 49.0 Å². The van der Waals surface area contributed by atoms with E-state index in [0.717, 1.165) is 0 Å². The van der Waals surface area contributed by atoms with Gasteiger partial charge in [-0.05, 0) is 29.3 Å². The minimum absolute atomic E-state index is 1.28. The molecule has 0 aliphatic rings. The van der Waals surface area contributed by atoms with Gasteiger partial charge in [0.15, 0.2) is 0 Å². The Kier molecular flexibility index (Phi) is 3.03. The summed E-state index contributed by atoms with van der Waals surface area (Å²) in [6, 6.07) is 30.7. The van der Waals surface area contributed by atoms with Crippen molar-refractivity contribution >= 4 is 53.3 Å². The highest BCUT2D eigenvalue weighted by Gasteiger charge is 2.16. The number of aromatic nitrogens is 1. The third-order valence-electron chi connectivity index (χ3n) is 5.62. The largest absolute Gasteiger partial charge is 0.344 e. The molecule has 0 spiro atoms. The fourth-order valence-electron chi connectivity index (χ4n) is 4.38. The fraction of sp³-hybridized carbons (Fsp3) is 0.0400. The van der Waals surface area contributed by atoms with Crippen LogP contribution in [-0.4, -0.2) is 4.57 Å².